The van der Waals surface area contributed by atoms with Crippen LogP contribution in [-0.4, -0.2) is 74.9 Å². The Kier molecular flexibility index (Phi) is 6.93. The van der Waals surface area contributed by atoms with E-state index in [2.05, 4.69) is 20.5 Å². The van der Waals surface area contributed by atoms with Gasteiger partial charge >= 0.3 is 0 Å². The second-order valence-electron chi connectivity index (χ2n) is 7.18. The van der Waals surface area contributed by atoms with Gasteiger partial charge in [-0.3, -0.25) is 9.79 Å². The number of aliphatic imine (C=N–C) groups is 1. The van der Waals surface area contributed by atoms with Gasteiger partial charge in [-0.15, -0.1) is 0 Å². The molecule has 3 aliphatic rings. The maximum atomic E-state index is 12.0. The minimum absolute atomic E-state index is 0.112. The van der Waals surface area contributed by atoms with Gasteiger partial charge in [0.2, 0.25) is 5.91 Å². The first-order valence-corrected chi connectivity index (χ1v) is 9.74. The van der Waals surface area contributed by atoms with Crippen LogP contribution in [0.5, 0.6) is 0 Å². The van der Waals surface area contributed by atoms with Crippen molar-refractivity contribution in [2.45, 2.75) is 63.2 Å². The van der Waals surface area contributed by atoms with Gasteiger partial charge in [0.05, 0.1) is 12.7 Å². The fourth-order valence-electron chi connectivity index (χ4n) is 3.98. The van der Waals surface area contributed by atoms with Crippen LogP contribution in [0.4, 0.5) is 0 Å². The highest BCUT2D eigenvalue weighted by Gasteiger charge is 2.32. The fourth-order valence-corrected chi connectivity index (χ4v) is 3.98. The molecule has 142 valence electrons. The van der Waals surface area contributed by atoms with E-state index in [4.69, 9.17) is 9.47 Å². The summed E-state index contributed by atoms with van der Waals surface area (Å²) in [7, 11) is 1.79. The molecule has 2 atom stereocenters. The van der Waals surface area contributed by atoms with Crippen molar-refractivity contribution in [2.24, 2.45) is 4.99 Å². The Morgan fingerprint density at radius 1 is 1.12 bits per heavy atom. The molecule has 2 unspecified atom stereocenters. The molecule has 3 fully saturated rings. The van der Waals surface area contributed by atoms with Crippen molar-refractivity contribution >= 4 is 11.9 Å². The van der Waals surface area contributed by atoms with Crippen LogP contribution < -0.4 is 10.6 Å². The predicted molar refractivity (Wildman–Crippen MR) is 96.7 cm³/mol. The smallest absolute Gasteiger partial charge is 0.221 e. The SMILES string of the molecule is CN=C(NCCC(=O)NC1CCCC1)N1CCOC(C2CCCO2)C1. The van der Waals surface area contributed by atoms with Crippen molar-refractivity contribution in [1.29, 1.82) is 0 Å². The monoisotopic (exact) mass is 352 g/mol. The molecule has 2 heterocycles. The highest BCUT2D eigenvalue weighted by atomic mass is 16.5. The summed E-state index contributed by atoms with van der Waals surface area (Å²) in [6.07, 6.45) is 7.71. The van der Waals surface area contributed by atoms with Crippen LogP contribution in [0.25, 0.3) is 0 Å². The molecule has 25 heavy (non-hydrogen) atoms. The number of hydrogen-bond acceptors (Lipinski definition) is 4. The number of morpholine rings is 1. The third-order valence-corrected chi connectivity index (χ3v) is 5.34. The minimum Gasteiger partial charge on any atom is -0.375 e. The number of rotatable bonds is 5. The number of nitrogens with one attached hydrogen (secondary N) is 2. The van der Waals surface area contributed by atoms with Crippen LogP contribution in [0.3, 0.4) is 0 Å². The van der Waals surface area contributed by atoms with E-state index in [9.17, 15) is 4.79 Å². The summed E-state index contributed by atoms with van der Waals surface area (Å²) in [4.78, 5) is 18.6. The summed E-state index contributed by atoms with van der Waals surface area (Å²) in [6, 6.07) is 0.387. The zero-order chi connectivity index (χ0) is 17.5. The van der Waals surface area contributed by atoms with Gasteiger partial charge in [0.15, 0.2) is 5.96 Å². The number of carbonyl (C=O) groups is 1. The molecule has 1 aliphatic carbocycles. The second kappa shape index (κ2) is 9.38. The molecule has 0 aromatic carbocycles. The maximum absolute atomic E-state index is 12.0. The van der Waals surface area contributed by atoms with E-state index < -0.39 is 0 Å². The lowest BCUT2D eigenvalue weighted by Gasteiger charge is -2.37. The Bertz CT molecular complexity index is 459. The topological polar surface area (TPSA) is 75.2 Å². The number of guanidine groups is 1. The summed E-state index contributed by atoms with van der Waals surface area (Å²) < 4.78 is 11.7. The fraction of sp³-hybridized carbons (Fsp3) is 0.889. The van der Waals surface area contributed by atoms with E-state index in [1.807, 2.05) is 0 Å². The van der Waals surface area contributed by atoms with E-state index in [0.717, 1.165) is 51.3 Å². The van der Waals surface area contributed by atoms with Crippen LogP contribution in [0, 0.1) is 0 Å². The standard InChI is InChI=1S/C18H32N4O3/c1-19-18(20-9-8-17(23)21-14-5-2-3-6-14)22-10-12-25-16(13-22)15-7-4-11-24-15/h14-16H,2-13H2,1H3,(H,19,20)(H,21,23). The molecular weight excluding hydrogens is 320 g/mol. The first-order valence-electron chi connectivity index (χ1n) is 9.74. The van der Waals surface area contributed by atoms with Crippen molar-refractivity contribution in [1.82, 2.24) is 15.5 Å². The van der Waals surface area contributed by atoms with Crippen molar-refractivity contribution in [3.63, 3.8) is 0 Å². The van der Waals surface area contributed by atoms with Crippen LogP contribution in [-0.2, 0) is 14.3 Å². The normalized spacial score (nSPS) is 28.4. The van der Waals surface area contributed by atoms with E-state index in [1.54, 1.807) is 7.05 Å². The Hall–Kier alpha value is -1.34. The van der Waals surface area contributed by atoms with Crippen molar-refractivity contribution < 1.29 is 14.3 Å². The van der Waals surface area contributed by atoms with Crippen LogP contribution in [0.1, 0.15) is 44.9 Å². The molecule has 0 aromatic heterocycles. The Morgan fingerprint density at radius 3 is 2.64 bits per heavy atom. The van der Waals surface area contributed by atoms with Gasteiger partial charge in [-0.2, -0.15) is 0 Å². The average Bonchev–Trinajstić information content (AvgIpc) is 3.32. The number of hydrogen-bond donors (Lipinski definition) is 2. The average molecular weight is 352 g/mol. The van der Waals surface area contributed by atoms with Gasteiger partial charge in [-0.05, 0) is 25.7 Å². The zero-order valence-corrected chi connectivity index (χ0v) is 15.3. The molecule has 7 heteroatoms. The molecule has 0 radical (unpaired) electrons. The Balaban J connectivity index is 1.40. The summed E-state index contributed by atoms with van der Waals surface area (Å²) in [5.41, 5.74) is 0. The largest absolute Gasteiger partial charge is 0.375 e. The lowest BCUT2D eigenvalue weighted by Crippen LogP contribution is -2.53. The van der Waals surface area contributed by atoms with Gasteiger partial charge in [-0.1, -0.05) is 12.8 Å². The van der Waals surface area contributed by atoms with Gasteiger partial charge in [0.1, 0.15) is 6.10 Å². The van der Waals surface area contributed by atoms with Crippen molar-refractivity contribution in [3.05, 3.63) is 0 Å². The van der Waals surface area contributed by atoms with Gasteiger partial charge in [-0.25, -0.2) is 0 Å². The highest BCUT2D eigenvalue weighted by molar-refractivity contribution is 5.81. The zero-order valence-electron chi connectivity index (χ0n) is 15.3. The van der Waals surface area contributed by atoms with Crippen LogP contribution >= 0.6 is 0 Å². The lowest BCUT2D eigenvalue weighted by atomic mass is 10.1. The minimum atomic E-state index is 0.112. The van der Waals surface area contributed by atoms with Gasteiger partial charge in [0, 0.05) is 45.8 Å². The van der Waals surface area contributed by atoms with E-state index in [0.29, 0.717) is 25.6 Å². The third kappa shape index (κ3) is 5.31. The number of nitrogens with zero attached hydrogens (tertiary/aromatic N) is 2. The summed E-state index contributed by atoms with van der Waals surface area (Å²) >= 11 is 0. The van der Waals surface area contributed by atoms with E-state index in [-0.39, 0.29) is 18.1 Å². The highest BCUT2D eigenvalue weighted by Crippen LogP contribution is 2.21. The second-order valence-corrected chi connectivity index (χ2v) is 7.18. The molecule has 2 saturated heterocycles. The number of carbonyl (C=O) groups excluding carboxylic acids is 1. The first-order chi connectivity index (χ1) is 12.3. The molecule has 0 aromatic rings. The first kappa shape index (κ1) is 18.5. The van der Waals surface area contributed by atoms with Gasteiger partial charge < -0.3 is 25.0 Å². The summed E-state index contributed by atoms with van der Waals surface area (Å²) in [5, 5.41) is 6.45. The predicted octanol–water partition coefficient (Wildman–Crippen LogP) is 0.891. The molecular formula is C18H32N4O3. The summed E-state index contributed by atoms with van der Waals surface area (Å²) in [5.74, 6) is 0.981. The Morgan fingerprint density at radius 2 is 1.92 bits per heavy atom. The van der Waals surface area contributed by atoms with Gasteiger partial charge in [0.25, 0.3) is 0 Å². The molecule has 0 bridgehead atoms. The van der Waals surface area contributed by atoms with Crippen molar-refractivity contribution in [2.75, 3.05) is 39.9 Å². The quantitative estimate of drug-likeness (QED) is 0.568. The lowest BCUT2D eigenvalue weighted by molar-refractivity contribution is -0.121. The van der Waals surface area contributed by atoms with E-state index in [1.165, 1.54) is 12.8 Å². The molecule has 2 aliphatic heterocycles. The third-order valence-electron chi connectivity index (χ3n) is 5.34. The molecule has 0 spiro atoms. The molecule has 1 amide bonds. The van der Waals surface area contributed by atoms with Crippen LogP contribution in [0.2, 0.25) is 0 Å². The molecule has 2 N–H and O–H groups in total. The molecule has 3 rings (SSSR count). The number of amides is 1. The van der Waals surface area contributed by atoms with Crippen LogP contribution in [0.15, 0.2) is 4.99 Å². The maximum Gasteiger partial charge on any atom is 0.221 e. The molecule has 7 nitrogen and oxygen atoms in total. The summed E-state index contributed by atoms with van der Waals surface area (Å²) in [6.45, 7) is 3.74. The Labute approximate surface area is 150 Å². The van der Waals surface area contributed by atoms with E-state index >= 15 is 0 Å². The number of ether oxygens (including phenoxy) is 2. The van der Waals surface area contributed by atoms with Crippen molar-refractivity contribution in [3.8, 4) is 0 Å². The molecule has 1 saturated carbocycles.